The van der Waals surface area contributed by atoms with E-state index in [1.165, 1.54) is 14.0 Å². The molecule has 1 aromatic rings. The van der Waals surface area contributed by atoms with Crippen molar-refractivity contribution in [3.8, 4) is 0 Å². The van der Waals surface area contributed by atoms with Crippen LogP contribution in [-0.2, 0) is 18.0 Å². The molecule has 0 fully saturated rings. The molecule has 0 saturated carbocycles. The van der Waals surface area contributed by atoms with Crippen molar-refractivity contribution in [3.63, 3.8) is 0 Å². The Morgan fingerprint density at radius 2 is 1.15 bits per heavy atom. The van der Waals surface area contributed by atoms with Gasteiger partial charge in [0.15, 0.2) is 0 Å². The average Bonchev–Trinajstić information content (AvgIpc) is 2.25. The zero-order valence-corrected chi connectivity index (χ0v) is 10.6. The first-order valence-corrected chi connectivity index (χ1v) is 5.33. The lowest BCUT2D eigenvalue weighted by molar-refractivity contribution is -0.143. The Morgan fingerprint density at radius 3 is 1.40 bits per heavy atom. The van der Waals surface area contributed by atoms with E-state index in [9.17, 15) is 26.3 Å². The van der Waals surface area contributed by atoms with Gasteiger partial charge < -0.3 is 5.73 Å². The molecule has 1 atom stereocenters. The first-order chi connectivity index (χ1) is 8.76. The van der Waals surface area contributed by atoms with Gasteiger partial charge in [0, 0.05) is 7.05 Å². The van der Waals surface area contributed by atoms with Crippen molar-refractivity contribution in [3.05, 3.63) is 34.9 Å². The highest BCUT2D eigenvalue weighted by molar-refractivity contribution is 5.36. The summed E-state index contributed by atoms with van der Waals surface area (Å²) < 4.78 is 76.0. The van der Waals surface area contributed by atoms with Gasteiger partial charge in [-0.25, -0.2) is 5.01 Å². The molecule has 0 unspecified atom stereocenters. The van der Waals surface area contributed by atoms with Crippen LogP contribution < -0.4 is 11.6 Å². The molecule has 9 heteroatoms. The van der Waals surface area contributed by atoms with Crippen LogP contribution in [-0.4, -0.2) is 12.1 Å². The maximum atomic E-state index is 12.7. The molecule has 0 bridgehead atoms. The summed E-state index contributed by atoms with van der Waals surface area (Å²) in [5, 5.41) is 0.836. The molecule has 1 aromatic carbocycles. The number of hydrogen-bond donors (Lipinski definition) is 2. The smallest absolute Gasteiger partial charge is 0.309 e. The van der Waals surface area contributed by atoms with Gasteiger partial charge in [-0.3, -0.25) is 5.84 Å². The lowest BCUT2D eigenvalue weighted by atomic mass is 9.96. The Bertz CT molecular complexity index is 458. The molecule has 0 aliphatic heterocycles. The van der Waals surface area contributed by atoms with E-state index in [1.54, 1.807) is 0 Å². The van der Waals surface area contributed by atoms with Gasteiger partial charge in [-0.05, 0) is 30.7 Å². The molecule has 20 heavy (non-hydrogen) atoms. The third kappa shape index (κ3) is 3.41. The predicted octanol–water partition coefficient (Wildman–Crippen LogP) is 2.66. The summed E-state index contributed by atoms with van der Waals surface area (Å²) in [5.74, 6) is 5.37. The van der Waals surface area contributed by atoms with Crippen LogP contribution in [0.3, 0.4) is 0 Å². The Labute approximate surface area is 111 Å². The fourth-order valence-corrected chi connectivity index (χ4v) is 1.45. The van der Waals surface area contributed by atoms with E-state index in [4.69, 9.17) is 11.6 Å². The van der Waals surface area contributed by atoms with Crippen LogP contribution in [0.15, 0.2) is 18.2 Å². The van der Waals surface area contributed by atoms with Crippen molar-refractivity contribution >= 4 is 0 Å². The van der Waals surface area contributed by atoms with E-state index in [-0.39, 0.29) is 11.6 Å². The van der Waals surface area contributed by atoms with Crippen LogP contribution in [0.25, 0.3) is 0 Å². The molecular weight excluding hydrogens is 288 g/mol. The molecule has 0 aliphatic carbocycles. The monoisotopic (exact) mass is 301 g/mol. The lowest BCUT2D eigenvalue weighted by Crippen LogP contribution is -2.52. The average molecular weight is 301 g/mol. The summed E-state index contributed by atoms with van der Waals surface area (Å²) in [7, 11) is 1.24. The molecule has 0 saturated heterocycles. The fourth-order valence-electron chi connectivity index (χ4n) is 1.45. The van der Waals surface area contributed by atoms with Gasteiger partial charge >= 0.3 is 12.4 Å². The lowest BCUT2D eigenvalue weighted by Gasteiger charge is -2.33. The highest BCUT2D eigenvalue weighted by Gasteiger charge is 2.39. The second kappa shape index (κ2) is 4.90. The molecule has 0 radical (unpaired) electrons. The molecule has 0 amide bonds. The van der Waals surface area contributed by atoms with E-state index in [0.717, 1.165) is 5.01 Å². The second-order valence-electron chi connectivity index (χ2n) is 4.55. The normalized spacial score (nSPS) is 16.4. The summed E-state index contributed by atoms with van der Waals surface area (Å²) >= 11 is 0. The van der Waals surface area contributed by atoms with Crippen LogP contribution in [0.2, 0.25) is 0 Å². The summed E-state index contributed by atoms with van der Waals surface area (Å²) in [4.78, 5) is 0. The van der Waals surface area contributed by atoms with Crippen molar-refractivity contribution in [2.75, 3.05) is 7.05 Å². The summed E-state index contributed by atoms with van der Waals surface area (Å²) in [5.41, 5.74) is 0.748. The Kier molecular flexibility index (Phi) is 4.10. The molecule has 3 nitrogen and oxygen atoms in total. The highest BCUT2D eigenvalue weighted by Crippen LogP contribution is 2.38. The number of nitrogens with zero attached hydrogens (tertiary/aromatic N) is 1. The maximum absolute atomic E-state index is 12.7. The van der Waals surface area contributed by atoms with E-state index < -0.39 is 29.1 Å². The topological polar surface area (TPSA) is 55.3 Å². The van der Waals surface area contributed by atoms with E-state index >= 15 is 0 Å². The summed E-state index contributed by atoms with van der Waals surface area (Å²) in [6, 6.07) is 1.15. The summed E-state index contributed by atoms with van der Waals surface area (Å²) in [6.45, 7) is 1.21. The van der Waals surface area contributed by atoms with Crippen LogP contribution in [0.4, 0.5) is 26.3 Å². The van der Waals surface area contributed by atoms with Gasteiger partial charge in [0.05, 0.1) is 11.1 Å². The Morgan fingerprint density at radius 1 is 0.850 bits per heavy atom. The third-order valence-electron chi connectivity index (χ3n) is 2.90. The van der Waals surface area contributed by atoms with Crippen LogP contribution in [0, 0.1) is 0 Å². The predicted molar refractivity (Wildman–Crippen MR) is 59.9 cm³/mol. The van der Waals surface area contributed by atoms with Gasteiger partial charge in [-0.2, -0.15) is 26.3 Å². The number of nitrogens with two attached hydrogens (primary N) is 2. The van der Waals surface area contributed by atoms with Crippen molar-refractivity contribution in [1.82, 2.24) is 5.01 Å². The Balaban J connectivity index is 3.55. The van der Waals surface area contributed by atoms with Crippen molar-refractivity contribution < 1.29 is 26.3 Å². The van der Waals surface area contributed by atoms with Crippen molar-refractivity contribution in [2.45, 2.75) is 24.9 Å². The molecule has 0 heterocycles. The minimum atomic E-state index is -4.92. The quantitative estimate of drug-likeness (QED) is 0.382. The zero-order chi connectivity index (χ0) is 15.9. The molecule has 0 aromatic heterocycles. The molecule has 0 aliphatic rings. The first-order valence-electron chi connectivity index (χ1n) is 5.33. The molecule has 114 valence electrons. The molecule has 0 spiro atoms. The van der Waals surface area contributed by atoms with E-state index in [2.05, 4.69) is 0 Å². The summed E-state index contributed by atoms with van der Waals surface area (Å²) in [6.07, 6.45) is -9.83. The molecule has 1 rings (SSSR count). The minimum Gasteiger partial charge on any atom is -0.309 e. The second-order valence-corrected chi connectivity index (χ2v) is 4.55. The van der Waals surface area contributed by atoms with E-state index in [1.807, 2.05) is 0 Å². The fraction of sp³-hybridized carbons (Fsp3) is 0.455. The highest BCUT2D eigenvalue weighted by atomic mass is 19.4. The van der Waals surface area contributed by atoms with Gasteiger partial charge in [-0.15, -0.1) is 0 Å². The van der Waals surface area contributed by atoms with Crippen molar-refractivity contribution in [1.29, 1.82) is 0 Å². The number of hydrogen-bond acceptors (Lipinski definition) is 3. The number of halogens is 6. The minimum absolute atomic E-state index is 0.0378. The van der Waals surface area contributed by atoms with Crippen LogP contribution in [0.1, 0.15) is 23.6 Å². The molecule has 4 N–H and O–H groups in total. The van der Waals surface area contributed by atoms with E-state index in [0.29, 0.717) is 12.1 Å². The third-order valence-corrected chi connectivity index (χ3v) is 2.90. The maximum Gasteiger partial charge on any atom is 0.416 e. The van der Waals surface area contributed by atoms with Gasteiger partial charge in [0.25, 0.3) is 0 Å². The Hall–Kier alpha value is -1.32. The van der Waals surface area contributed by atoms with Crippen LogP contribution in [0.5, 0.6) is 0 Å². The van der Waals surface area contributed by atoms with Gasteiger partial charge in [0.1, 0.15) is 5.66 Å². The van der Waals surface area contributed by atoms with Gasteiger partial charge in [-0.1, -0.05) is 0 Å². The first kappa shape index (κ1) is 16.7. The number of alkyl halides is 6. The number of rotatable bonds is 2. The zero-order valence-electron chi connectivity index (χ0n) is 10.6. The van der Waals surface area contributed by atoms with Crippen molar-refractivity contribution in [2.24, 2.45) is 11.6 Å². The molecular formula is C11H13F6N3. The largest absolute Gasteiger partial charge is 0.416 e. The number of benzene rings is 1. The standard InChI is InChI=1S/C11H13F6N3/c1-9(18,20(2)19)6-3-7(10(12,13)14)5-8(4-6)11(15,16)17/h3-5H,18-19H2,1-2H3/t9-/m1/s1. The number of hydrazine groups is 1. The SMILES string of the molecule is CN(N)[C@@](C)(N)c1cc(C(F)(F)F)cc(C(F)(F)F)c1. The van der Waals surface area contributed by atoms with Crippen LogP contribution >= 0.6 is 0 Å². The van der Waals surface area contributed by atoms with Gasteiger partial charge in [0.2, 0.25) is 0 Å².